The third-order valence-corrected chi connectivity index (χ3v) is 3.19. The summed E-state index contributed by atoms with van der Waals surface area (Å²) in [5.74, 6) is 0.439. The molecule has 5 nitrogen and oxygen atoms in total. The minimum atomic E-state index is -0.0933. The summed E-state index contributed by atoms with van der Waals surface area (Å²) < 4.78 is 0. The standard InChI is InChI=1S/C17H22N4O/c1-5-21(15-8-6-7-13(4)9-15)16(22)14-10-18-17(19-11-14)20-12(2)3/h6-12H,5H2,1-4H3,(H,18,19,20). The number of amides is 1. The van der Waals surface area contributed by atoms with Gasteiger partial charge in [-0.3, -0.25) is 4.79 Å². The lowest BCUT2D eigenvalue weighted by Gasteiger charge is -2.21. The molecule has 2 rings (SSSR count). The van der Waals surface area contributed by atoms with E-state index in [-0.39, 0.29) is 11.9 Å². The van der Waals surface area contributed by atoms with Gasteiger partial charge in [0.05, 0.1) is 5.56 Å². The normalized spacial score (nSPS) is 10.6. The van der Waals surface area contributed by atoms with Gasteiger partial charge in [0.25, 0.3) is 5.91 Å². The van der Waals surface area contributed by atoms with Crippen molar-refractivity contribution in [2.75, 3.05) is 16.8 Å². The Kier molecular flexibility index (Phi) is 5.09. The molecule has 1 aromatic heterocycles. The topological polar surface area (TPSA) is 58.1 Å². The molecule has 0 saturated carbocycles. The zero-order valence-electron chi connectivity index (χ0n) is 13.5. The van der Waals surface area contributed by atoms with Crippen LogP contribution in [-0.4, -0.2) is 28.5 Å². The van der Waals surface area contributed by atoms with Crippen LogP contribution in [-0.2, 0) is 0 Å². The van der Waals surface area contributed by atoms with E-state index in [1.165, 1.54) is 0 Å². The number of hydrogen-bond acceptors (Lipinski definition) is 4. The van der Waals surface area contributed by atoms with Crippen LogP contribution in [0.2, 0.25) is 0 Å². The molecule has 0 fully saturated rings. The molecule has 1 N–H and O–H groups in total. The molecule has 0 aliphatic carbocycles. The largest absolute Gasteiger partial charge is 0.352 e. The number of carbonyl (C=O) groups is 1. The summed E-state index contributed by atoms with van der Waals surface area (Å²) in [7, 11) is 0. The smallest absolute Gasteiger partial charge is 0.261 e. The Morgan fingerprint density at radius 1 is 1.27 bits per heavy atom. The zero-order chi connectivity index (χ0) is 16.1. The summed E-state index contributed by atoms with van der Waals surface area (Å²) in [6.07, 6.45) is 3.14. The van der Waals surface area contributed by atoms with Crippen molar-refractivity contribution in [3.63, 3.8) is 0 Å². The van der Waals surface area contributed by atoms with Gasteiger partial charge in [-0.1, -0.05) is 12.1 Å². The summed E-state index contributed by atoms with van der Waals surface area (Å²) in [5.41, 5.74) is 2.49. The van der Waals surface area contributed by atoms with E-state index in [1.807, 2.05) is 52.0 Å². The Balaban J connectivity index is 2.21. The number of carbonyl (C=O) groups excluding carboxylic acids is 1. The van der Waals surface area contributed by atoms with Crippen molar-refractivity contribution in [2.24, 2.45) is 0 Å². The molecule has 0 saturated heterocycles. The fraction of sp³-hybridized carbons (Fsp3) is 0.353. The van der Waals surface area contributed by atoms with Gasteiger partial charge in [-0.15, -0.1) is 0 Å². The van der Waals surface area contributed by atoms with Gasteiger partial charge >= 0.3 is 0 Å². The number of rotatable bonds is 5. The third kappa shape index (κ3) is 3.81. The number of aromatic nitrogens is 2. The highest BCUT2D eigenvalue weighted by molar-refractivity contribution is 6.05. The van der Waals surface area contributed by atoms with Crippen molar-refractivity contribution >= 4 is 17.5 Å². The van der Waals surface area contributed by atoms with Crippen LogP contribution in [0.1, 0.15) is 36.7 Å². The van der Waals surface area contributed by atoms with E-state index in [0.29, 0.717) is 18.1 Å². The maximum absolute atomic E-state index is 12.6. The van der Waals surface area contributed by atoms with E-state index in [0.717, 1.165) is 11.3 Å². The minimum Gasteiger partial charge on any atom is -0.352 e. The summed E-state index contributed by atoms with van der Waals surface area (Å²) in [5, 5.41) is 3.11. The maximum Gasteiger partial charge on any atom is 0.261 e. The molecule has 0 aliphatic heterocycles. The Morgan fingerprint density at radius 3 is 2.50 bits per heavy atom. The summed E-state index contributed by atoms with van der Waals surface area (Å²) in [6, 6.07) is 8.14. The first-order chi connectivity index (χ1) is 10.5. The Bertz CT molecular complexity index is 637. The first-order valence-electron chi connectivity index (χ1n) is 7.48. The van der Waals surface area contributed by atoms with E-state index in [2.05, 4.69) is 15.3 Å². The van der Waals surface area contributed by atoms with Crippen LogP contribution in [0.3, 0.4) is 0 Å². The number of nitrogens with one attached hydrogen (secondary N) is 1. The number of anilines is 2. The zero-order valence-corrected chi connectivity index (χ0v) is 13.5. The first-order valence-corrected chi connectivity index (χ1v) is 7.48. The van der Waals surface area contributed by atoms with Gasteiger partial charge in [0.1, 0.15) is 0 Å². The van der Waals surface area contributed by atoms with E-state index in [9.17, 15) is 4.79 Å². The highest BCUT2D eigenvalue weighted by Crippen LogP contribution is 2.18. The molecule has 0 radical (unpaired) electrons. The lowest BCUT2D eigenvalue weighted by molar-refractivity contribution is 0.0987. The second-order valence-corrected chi connectivity index (χ2v) is 5.48. The first kappa shape index (κ1) is 15.9. The van der Waals surface area contributed by atoms with Crippen molar-refractivity contribution in [3.05, 3.63) is 47.8 Å². The Morgan fingerprint density at radius 2 is 1.95 bits per heavy atom. The molecule has 0 unspecified atom stereocenters. The lowest BCUT2D eigenvalue weighted by atomic mass is 10.2. The second kappa shape index (κ2) is 7.02. The molecule has 0 atom stereocenters. The highest BCUT2D eigenvalue weighted by Gasteiger charge is 2.17. The second-order valence-electron chi connectivity index (χ2n) is 5.48. The Labute approximate surface area is 131 Å². The maximum atomic E-state index is 12.6. The molecule has 5 heteroatoms. The van der Waals surface area contributed by atoms with Crippen molar-refractivity contribution in [1.82, 2.24) is 9.97 Å². The molecule has 0 bridgehead atoms. The van der Waals surface area contributed by atoms with E-state index >= 15 is 0 Å². The number of nitrogens with zero attached hydrogens (tertiary/aromatic N) is 3. The molecular weight excluding hydrogens is 276 g/mol. The van der Waals surface area contributed by atoms with Crippen molar-refractivity contribution < 1.29 is 4.79 Å². The average Bonchev–Trinajstić information content (AvgIpc) is 2.48. The summed E-state index contributed by atoms with van der Waals surface area (Å²) >= 11 is 0. The van der Waals surface area contributed by atoms with Crippen LogP contribution in [0.15, 0.2) is 36.7 Å². The highest BCUT2D eigenvalue weighted by atomic mass is 16.2. The fourth-order valence-electron chi connectivity index (χ4n) is 2.17. The minimum absolute atomic E-state index is 0.0933. The number of hydrogen-bond donors (Lipinski definition) is 1. The molecular formula is C17H22N4O. The molecule has 2 aromatic rings. The van der Waals surface area contributed by atoms with Crippen LogP contribution in [0.4, 0.5) is 11.6 Å². The Hall–Kier alpha value is -2.43. The van der Waals surface area contributed by atoms with Crippen molar-refractivity contribution in [3.8, 4) is 0 Å². The monoisotopic (exact) mass is 298 g/mol. The van der Waals surface area contributed by atoms with Crippen molar-refractivity contribution in [1.29, 1.82) is 0 Å². The molecule has 1 aromatic carbocycles. The van der Waals surface area contributed by atoms with Gasteiger partial charge < -0.3 is 10.2 Å². The predicted octanol–water partition coefficient (Wildman–Crippen LogP) is 3.27. The number of aryl methyl sites for hydroxylation is 1. The van der Waals surface area contributed by atoms with Crippen LogP contribution >= 0.6 is 0 Å². The van der Waals surface area contributed by atoms with Crippen LogP contribution < -0.4 is 10.2 Å². The third-order valence-electron chi connectivity index (χ3n) is 3.19. The predicted molar refractivity (Wildman–Crippen MR) is 89.3 cm³/mol. The van der Waals surface area contributed by atoms with Crippen LogP contribution in [0.25, 0.3) is 0 Å². The summed E-state index contributed by atoms with van der Waals surface area (Å²) in [4.78, 5) is 22.8. The van der Waals surface area contributed by atoms with Gasteiger partial charge in [-0.25, -0.2) is 9.97 Å². The molecule has 116 valence electrons. The fourth-order valence-corrected chi connectivity index (χ4v) is 2.17. The van der Waals surface area contributed by atoms with Gasteiger partial charge in [0.15, 0.2) is 0 Å². The van der Waals surface area contributed by atoms with Gasteiger partial charge in [0, 0.05) is 30.7 Å². The van der Waals surface area contributed by atoms with E-state index in [4.69, 9.17) is 0 Å². The quantitative estimate of drug-likeness (QED) is 0.920. The summed E-state index contributed by atoms with van der Waals surface area (Å²) in [6.45, 7) is 8.58. The average molecular weight is 298 g/mol. The molecule has 1 amide bonds. The number of benzene rings is 1. The van der Waals surface area contributed by atoms with Gasteiger partial charge in [-0.05, 0) is 45.4 Å². The van der Waals surface area contributed by atoms with Crippen LogP contribution in [0, 0.1) is 6.92 Å². The molecule has 1 heterocycles. The van der Waals surface area contributed by atoms with Gasteiger partial charge in [0.2, 0.25) is 5.95 Å². The van der Waals surface area contributed by atoms with Crippen molar-refractivity contribution in [2.45, 2.75) is 33.7 Å². The molecule has 22 heavy (non-hydrogen) atoms. The molecule has 0 aliphatic rings. The molecule has 0 spiro atoms. The SMILES string of the molecule is CCN(C(=O)c1cnc(NC(C)C)nc1)c1cccc(C)c1. The van der Waals surface area contributed by atoms with E-state index in [1.54, 1.807) is 17.3 Å². The lowest BCUT2D eigenvalue weighted by Crippen LogP contribution is -2.31. The van der Waals surface area contributed by atoms with Crippen LogP contribution in [0.5, 0.6) is 0 Å². The van der Waals surface area contributed by atoms with Gasteiger partial charge in [-0.2, -0.15) is 0 Å². The van der Waals surface area contributed by atoms with E-state index < -0.39 is 0 Å².